The number of hydrogen-bond acceptors (Lipinski definition) is 2. The highest BCUT2D eigenvalue weighted by Gasteiger charge is 2.06. The topological polar surface area (TPSA) is 40.5 Å². The molecule has 0 atom stereocenters. The van der Waals surface area contributed by atoms with Crippen LogP contribution in [0, 0.1) is 0 Å². The molecular weight excluding hydrogens is 294 g/mol. The first kappa shape index (κ1) is 14.8. The zero-order chi connectivity index (χ0) is 13.5. The minimum atomic E-state index is -0.933. The standard InChI is InChI=1S/C14H18BrNO2/c1-3-4-9-16(2)13-7-6-12(15)10-11(13)5-8-14(17)18/h5-8,10H,3-4,9H2,1-2H3,(H,17,18)/b8-5+. The molecule has 0 fully saturated rings. The summed E-state index contributed by atoms with van der Waals surface area (Å²) in [6.07, 6.45) is 5.06. The maximum atomic E-state index is 10.6. The fourth-order valence-electron chi connectivity index (χ4n) is 1.68. The minimum Gasteiger partial charge on any atom is -0.478 e. The Hall–Kier alpha value is -1.29. The van der Waals surface area contributed by atoms with Crippen LogP contribution in [0.5, 0.6) is 0 Å². The van der Waals surface area contributed by atoms with E-state index in [1.54, 1.807) is 6.08 Å². The first-order valence-corrected chi connectivity index (χ1v) is 6.75. The molecule has 98 valence electrons. The highest BCUT2D eigenvalue weighted by Crippen LogP contribution is 2.25. The second-order valence-corrected chi connectivity index (χ2v) is 5.07. The number of carboxylic acids is 1. The quantitative estimate of drug-likeness (QED) is 0.813. The average molecular weight is 312 g/mol. The van der Waals surface area contributed by atoms with E-state index in [-0.39, 0.29) is 0 Å². The van der Waals surface area contributed by atoms with E-state index in [9.17, 15) is 4.79 Å². The van der Waals surface area contributed by atoms with Crippen molar-refractivity contribution in [3.05, 3.63) is 34.3 Å². The summed E-state index contributed by atoms with van der Waals surface area (Å²) in [5.74, 6) is -0.933. The summed E-state index contributed by atoms with van der Waals surface area (Å²) >= 11 is 3.41. The Bertz CT molecular complexity index is 443. The molecule has 0 unspecified atom stereocenters. The normalized spacial score (nSPS) is 10.8. The summed E-state index contributed by atoms with van der Waals surface area (Å²) in [7, 11) is 2.02. The van der Waals surface area contributed by atoms with Gasteiger partial charge in [-0.05, 0) is 36.3 Å². The zero-order valence-electron chi connectivity index (χ0n) is 10.7. The lowest BCUT2D eigenvalue weighted by atomic mass is 10.1. The monoisotopic (exact) mass is 311 g/mol. The van der Waals surface area contributed by atoms with Gasteiger partial charge < -0.3 is 10.0 Å². The molecule has 0 radical (unpaired) electrons. The van der Waals surface area contributed by atoms with Crippen LogP contribution in [0.4, 0.5) is 5.69 Å². The molecule has 0 amide bonds. The Morgan fingerprint density at radius 3 is 2.83 bits per heavy atom. The Morgan fingerprint density at radius 2 is 2.22 bits per heavy atom. The van der Waals surface area contributed by atoms with Crippen LogP contribution in [0.2, 0.25) is 0 Å². The second-order valence-electron chi connectivity index (χ2n) is 4.15. The lowest BCUT2D eigenvalue weighted by Crippen LogP contribution is -2.19. The van der Waals surface area contributed by atoms with E-state index < -0.39 is 5.97 Å². The molecule has 1 aromatic carbocycles. The van der Waals surface area contributed by atoms with Crippen molar-refractivity contribution in [3.8, 4) is 0 Å². The summed E-state index contributed by atoms with van der Waals surface area (Å²) < 4.78 is 0.945. The number of benzene rings is 1. The summed E-state index contributed by atoms with van der Waals surface area (Å²) in [6, 6.07) is 5.90. The number of hydrogen-bond donors (Lipinski definition) is 1. The summed E-state index contributed by atoms with van der Waals surface area (Å²) in [5, 5.41) is 8.70. The molecule has 1 N–H and O–H groups in total. The van der Waals surface area contributed by atoms with Crippen molar-refractivity contribution < 1.29 is 9.90 Å². The molecule has 0 aliphatic carbocycles. The van der Waals surface area contributed by atoms with E-state index in [1.165, 1.54) is 6.08 Å². The van der Waals surface area contributed by atoms with Crippen molar-refractivity contribution >= 4 is 33.7 Å². The van der Waals surface area contributed by atoms with Gasteiger partial charge in [-0.15, -0.1) is 0 Å². The fraction of sp³-hybridized carbons (Fsp3) is 0.357. The van der Waals surface area contributed by atoms with Crippen molar-refractivity contribution in [1.29, 1.82) is 0 Å². The van der Waals surface area contributed by atoms with Crippen molar-refractivity contribution in [1.82, 2.24) is 0 Å². The van der Waals surface area contributed by atoms with Crippen LogP contribution in [-0.2, 0) is 4.79 Å². The molecule has 0 saturated carbocycles. The molecule has 0 heterocycles. The van der Waals surface area contributed by atoms with Gasteiger partial charge in [-0.25, -0.2) is 4.79 Å². The van der Waals surface area contributed by atoms with Crippen molar-refractivity contribution in [2.75, 3.05) is 18.5 Å². The summed E-state index contributed by atoms with van der Waals surface area (Å²) in [6.45, 7) is 3.12. The minimum absolute atomic E-state index is 0.908. The number of carbonyl (C=O) groups is 1. The third-order valence-electron chi connectivity index (χ3n) is 2.65. The number of carboxylic acid groups (broad SMARTS) is 1. The van der Waals surface area contributed by atoms with Gasteiger partial charge in [-0.2, -0.15) is 0 Å². The summed E-state index contributed by atoms with van der Waals surface area (Å²) in [4.78, 5) is 12.7. The van der Waals surface area contributed by atoms with E-state index >= 15 is 0 Å². The molecule has 0 saturated heterocycles. The number of rotatable bonds is 6. The predicted octanol–water partition coefficient (Wildman–Crippen LogP) is 3.78. The van der Waals surface area contributed by atoms with Crippen LogP contribution in [0.1, 0.15) is 25.3 Å². The highest BCUT2D eigenvalue weighted by molar-refractivity contribution is 9.10. The average Bonchev–Trinajstić information content (AvgIpc) is 2.33. The molecule has 0 spiro atoms. The molecule has 0 aliphatic heterocycles. The van der Waals surface area contributed by atoms with Crippen LogP contribution < -0.4 is 4.90 Å². The molecule has 0 aliphatic rings. The largest absolute Gasteiger partial charge is 0.478 e. The number of anilines is 1. The molecular formula is C14H18BrNO2. The Morgan fingerprint density at radius 1 is 1.50 bits per heavy atom. The van der Waals surface area contributed by atoms with Gasteiger partial charge >= 0.3 is 5.97 Å². The second kappa shape index (κ2) is 7.21. The highest BCUT2D eigenvalue weighted by atomic mass is 79.9. The summed E-state index contributed by atoms with van der Waals surface area (Å²) in [5.41, 5.74) is 1.95. The molecule has 0 bridgehead atoms. The van der Waals surface area contributed by atoms with Crippen LogP contribution in [-0.4, -0.2) is 24.7 Å². The van der Waals surface area contributed by atoms with Crippen molar-refractivity contribution in [2.45, 2.75) is 19.8 Å². The van der Waals surface area contributed by atoms with Crippen molar-refractivity contribution in [2.24, 2.45) is 0 Å². The van der Waals surface area contributed by atoms with E-state index in [2.05, 4.69) is 27.8 Å². The molecule has 3 nitrogen and oxygen atoms in total. The molecule has 4 heteroatoms. The lowest BCUT2D eigenvalue weighted by molar-refractivity contribution is -0.131. The first-order chi connectivity index (χ1) is 8.54. The van der Waals surface area contributed by atoms with Crippen LogP contribution in [0.25, 0.3) is 6.08 Å². The molecule has 0 aromatic heterocycles. The number of unbranched alkanes of at least 4 members (excludes halogenated alkanes) is 1. The first-order valence-electron chi connectivity index (χ1n) is 5.96. The van der Waals surface area contributed by atoms with Gasteiger partial charge in [0.15, 0.2) is 0 Å². The fourth-order valence-corrected chi connectivity index (χ4v) is 2.06. The molecule has 1 rings (SSSR count). The van der Waals surface area contributed by atoms with Gasteiger partial charge in [0.1, 0.15) is 0 Å². The van der Waals surface area contributed by atoms with Crippen LogP contribution in [0.15, 0.2) is 28.7 Å². The third kappa shape index (κ3) is 4.53. The Kier molecular flexibility index (Phi) is 5.92. The lowest BCUT2D eigenvalue weighted by Gasteiger charge is -2.21. The predicted molar refractivity (Wildman–Crippen MR) is 79.0 cm³/mol. The third-order valence-corrected chi connectivity index (χ3v) is 3.15. The van der Waals surface area contributed by atoms with E-state index in [0.717, 1.165) is 35.1 Å². The molecule has 18 heavy (non-hydrogen) atoms. The maximum absolute atomic E-state index is 10.6. The van der Waals surface area contributed by atoms with Crippen LogP contribution in [0.3, 0.4) is 0 Å². The van der Waals surface area contributed by atoms with Gasteiger partial charge in [0.25, 0.3) is 0 Å². The van der Waals surface area contributed by atoms with E-state index in [1.807, 2.05) is 25.2 Å². The maximum Gasteiger partial charge on any atom is 0.328 e. The molecule has 1 aromatic rings. The van der Waals surface area contributed by atoms with E-state index in [4.69, 9.17) is 5.11 Å². The Balaban J connectivity index is 2.98. The number of aliphatic carboxylic acids is 1. The van der Waals surface area contributed by atoms with Gasteiger partial charge in [0.05, 0.1) is 0 Å². The Labute approximate surface area is 116 Å². The number of halogens is 1. The van der Waals surface area contributed by atoms with Gasteiger partial charge in [0, 0.05) is 29.8 Å². The zero-order valence-corrected chi connectivity index (χ0v) is 12.3. The number of nitrogens with zero attached hydrogens (tertiary/aromatic N) is 1. The van der Waals surface area contributed by atoms with Gasteiger partial charge in [-0.1, -0.05) is 29.3 Å². The smallest absolute Gasteiger partial charge is 0.328 e. The van der Waals surface area contributed by atoms with Crippen molar-refractivity contribution in [3.63, 3.8) is 0 Å². The van der Waals surface area contributed by atoms with Gasteiger partial charge in [0.2, 0.25) is 0 Å². The SMILES string of the molecule is CCCCN(C)c1ccc(Br)cc1/C=C/C(=O)O. The van der Waals surface area contributed by atoms with Crippen LogP contribution >= 0.6 is 15.9 Å². The van der Waals surface area contributed by atoms with E-state index in [0.29, 0.717) is 0 Å². The van der Waals surface area contributed by atoms with Gasteiger partial charge in [-0.3, -0.25) is 0 Å².